The van der Waals surface area contributed by atoms with Crippen molar-refractivity contribution in [2.24, 2.45) is 22.7 Å². The first-order chi connectivity index (χ1) is 17.1. The number of benzene rings is 2. The van der Waals surface area contributed by atoms with Crippen molar-refractivity contribution in [3.05, 3.63) is 65.7 Å². The summed E-state index contributed by atoms with van der Waals surface area (Å²) in [4.78, 5) is 4.70. The minimum atomic E-state index is -0.331. The van der Waals surface area contributed by atoms with Crippen LogP contribution in [0.5, 0.6) is 0 Å². The molecule has 1 radical (unpaired) electrons. The third-order valence-corrected chi connectivity index (χ3v) is 9.51. The zero-order valence-corrected chi connectivity index (χ0v) is 25.7. The Hall–Kier alpha value is -1.58. The number of fused-ring (bicyclic) bond motifs is 2. The molecule has 2 aromatic carbocycles. The number of para-hydroxylation sites is 1. The molecule has 2 saturated carbocycles. The van der Waals surface area contributed by atoms with E-state index in [2.05, 4.69) is 77.9 Å². The van der Waals surface area contributed by atoms with Crippen molar-refractivity contribution in [2.75, 3.05) is 0 Å². The molecule has 0 saturated heterocycles. The molecule has 2 aliphatic carbocycles. The molecule has 5 rings (SSSR count). The van der Waals surface area contributed by atoms with Crippen LogP contribution in [0.15, 0.2) is 48.5 Å². The molecule has 1 heterocycles. The van der Waals surface area contributed by atoms with Crippen LogP contribution in [0.3, 0.4) is 0 Å². The maximum Gasteiger partial charge on any atom is 0.0649 e. The SMILES string of the molecule is CC[C@@]1(C)CCC2CC[C@@](C)(CC)C(O)C2C1O.Cc1[c-]c(-c2ccc3ccccc3n2)cc(C)c1.[Ir]. The molecule has 4 heteroatoms. The monoisotopic (exact) mass is 679 g/mol. The van der Waals surface area contributed by atoms with Gasteiger partial charge in [0.15, 0.2) is 0 Å². The normalized spacial score (nSPS) is 31.0. The zero-order chi connectivity index (χ0) is 26.1. The average Bonchev–Trinajstić information content (AvgIpc) is 2.88. The van der Waals surface area contributed by atoms with Crippen molar-refractivity contribution in [2.45, 2.75) is 92.3 Å². The molecule has 0 aliphatic heterocycles. The first kappa shape index (κ1) is 30.0. The Kier molecular flexibility index (Phi) is 9.78. The molecule has 6 atom stereocenters. The molecule has 3 aromatic rings. The van der Waals surface area contributed by atoms with E-state index in [0.29, 0.717) is 5.92 Å². The number of hydrogen-bond acceptors (Lipinski definition) is 3. The van der Waals surface area contributed by atoms with Crippen LogP contribution in [-0.4, -0.2) is 27.4 Å². The number of nitrogens with zero attached hydrogens (tertiary/aromatic N) is 1. The van der Waals surface area contributed by atoms with Gasteiger partial charge in [-0.25, -0.2) is 0 Å². The van der Waals surface area contributed by atoms with Crippen molar-refractivity contribution in [3.8, 4) is 11.3 Å². The Bertz CT molecular complexity index is 1150. The van der Waals surface area contributed by atoms with Gasteiger partial charge >= 0.3 is 0 Å². The molecular formula is C33H44IrNO2-. The Morgan fingerprint density at radius 3 is 2.05 bits per heavy atom. The Morgan fingerprint density at radius 1 is 0.892 bits per heavy atom. The summed E-state index contributed by atoms with van der Waals surface area (Å²) in [5.74, 6) is 0.636. The predicted molar refractivity (Wildman–Crippen MR) is 150 cm³/mol. The maximum absolute atomic E-state index is 10.8. The zero-order valence-electron chi connectivity index (χ0n) is 23.3. The van der Waals surface area contributed by atoms with Crippen LogP contribution < -0.4 is 0 Å². The molecule has 0 bridgehead atoms. The van der Waals surface area contributed by atoms with Gasteiger partial charge in [0, 0.05) is 26.0 Å². The minimum absolute atomic E-state index is 0. The molecule has 2 aliphatic rings. The summed E-state index contributed by atoms with van der Waals surface area (Å²) in [5.41, 5.74) is 5.50. The quantitative estimate of drug-likeness (QED) is 0.280. The molecule has 2 fully saturated rings. The summed E-state index contributed by atoms with van der Waals surface area (Å²) in [7, 11) is 0. The average molecular weight is 679 g/mol. The summed E-state index contributed by atoms with van der Waals surface area (Å²) in [6.45, 7) is 12.9. The Labute approximate surface area is 237 Å². The molecule has 1 aromatic heterocycles. The van der Waals surface area contributed by atoms with Crippen LogP contribution in [0.1, 0.15) is 77.3 Å². The fourth-order valence-corrected chi connectivity index (χ4v) is 6.49. The molecule has 37 heavy (non-hydrogen) atoms. The van der Waals surface area contributed by atoms with Crippen molar-refractivity contribution in [3.63, 3.8) is 0 Å². The van der Waals surface area contributed by atoms with E-state index in [0.717, 1.165) is 48.0 Å². The largest absolute Gasteiger partial charge is 0.392 e. The number of hydrogen-bond donors (Lipinski definition) is 2. The van der Waals surface area contributed by atoms with Crippen LogP contribution in [-0.2, 0) is 20.1 Å². The van der Waals surface area contributed by atoms with E-state index >= 15 is 0 Å². The molecule has 2 N–H and O–H groups in total. The van der Waals surface area contributed by atoms with Crippen LogP contribution >= 0.6 is 0 Å². The van der Waals surface area contributed by atoms with Crippen LogP contribution in [0, 0.1) is 42.6 Å². The van der Waals surface area contributed by atoms with Crippen LogP contribution in [0.25, 0.3) is 22.2 Å². The Balaban J connectivity index is 0.000000200. The number of aliphatic hydroxyl groups is 2. The smallest absolute Gasteiger partial charge is 0.0649 e. The van der Waals surface area contributed by atoms with Crippen molar-refractivity contribution in [1.29, 1.82) is 0 Å². The van der Waals surface area contributed by atoms with Gasteiger partial charge < -0.3 is 10.2 Å². The second-order valence-electron chi connectivity index (χ2n) is 12.0. The van der Waals surface area contributed by atoms with Crippen LogP contribution in [0.2, 0.25) is 0 Å². The van der Waals surface area contributed by atoms with E-state index in [9.17, 15) is 10.2 Å². The summed E-state index contributed by atoms with van der Waals surface area (Å²) < 4.78 is 0. The van der Waals surface area contributed by atoms with E-state index < -0.39 is 0 Å². The third-order valence-electron chi connectivity index (χ3n) is 9.51. The fraction of sp³-hybridized carbons (Fsp3) is 0.545. The van der Waals surface area contributed by atoms with Gasteiger partial charge in [0.2, 0.25) is 0 Å². The molecule has 203 valence electrons. The number of aromatic nitrogens is 1. The van der Waals surface area contributed by atoms with Gasteiger partial charge in [-0.15, -0.1) is 34.9 Å². The van der Waals surface area contributed by atoms with Crippen molar-refractivity contribution in [1.82, 2.24) is 4.98 Å². The van der Waals surface area contributed by atoms with Gasteiger partial charge in [0.1, 0.15) is 0 Å². The minimum Gasteiger partial charge on any atom is -0.392 e. The molecule has 4 unspecified atom stereocenters. The van der Waals surface area contributed by atoms with E-state index in [1.807, 2.05) is 18.2 Å². The predicted octanol–water partition coefficient (Wildman–Crippen LogP) is 7.68. The topological polar surface area (TPSA) is 53.4 Å². The van der Waals surface area contributed by atoms with E-state index in [1.54, 1.807) is 0 Å². The molecular weight excluding hydrogens is 635 g/mol. The van der Waals surface area contributed by atoms with Gasteiger partial charge in [-0.2, -0.15) is 0 Å². The van der Waals surface area contributed by atoms with Gasteiger partial charge in [-0.1, -0.05) is 71.9 Å². The van der Waals surface area contributed by atoms with Crippen molar-refractivity contribution >= 4 is 10.9 Å². The number of rotatable bonds is 3. The summed E-state index contributed by atoms with van der Waals surface area (Å²) in [6.07, 6.45) is 5.94. The van der Waals surface area contributed by atoms with Gasteiger partial charge in [0.05, 0.1) is 17.7 Å². The summed E-state index contributed by atoms with van der Waals surface area (Å²) in [5, 5.41) is 22.7. The third kappa shape index (κ3) is 6.19. The number of aryl methyl sites for hydroxylation is 2. The first-order valence-electron chi connectivity index (χ1n) is 13.8. The van der Waals surface area contributed by atoms with E-state index in [1.165, 1.54) is 23.8 Å². The maximum atomic E-state index is 10.8. The summed E-state index contributed by atoms with van der Waals surface area (Å²) >= 11 is 0. The number of aliphatic hydroxyl groups excluding tert-OH is 2. The first-order valence-corrected chi connectivity index (χ1v) is 13.8. The molecule has 3 nitrogen and oxygen atoms in total. The second kappa shape index (κ2) is 12.1. The molecule has 0 amide bonds. The van der Waals surface area contributed by atoms with Gasteiger partial charge in [-0.3, -0.25) is 4.98 Å². The van der Waals surface area contributed by atoms with Gasteiger partial charge in [0.25, 0.3) is 0 Å². The molecule has 0 spiro atoms. The van der Waals surface area contributed by atoms with Crippen molar-refractivity contribution < 1.29 is 30.3 Å². The Morgan fingerprint density at radius 2 is 1.49 bits per heavy atom. The summed E-state index contributed by atoms with van der Waals surface area (Å²) in [6, 6.07) is 20.0. The van der Waals surface area contributed by atoms with Crippen LogP contribution in [0.4, 0.5) is 0 Å². The standard InChI is InChI=1S/C17H14N.C16H30O2.Ir/c1-12-9-13(2)11-15(10-12)17-8-7-14-5-3-4-6-16(14)18-17;1-5-15(3)9-7-11-8-10-16(4,6-2)14(18)12(11)13(15)17;/h3-10H,1-2H3;11-14,17-18H,5-10H2,1-4H3;/q-1;;/t;11?,12?,13?,14?,15-,16+;. The fourth-order valence-electron chi connectivity index (χ4n) is 6.49. The second-order valence-corrected chi connectivity index (χ2v) is 12.0. The van der Waals surface area contributed by atoms with Gasteiger partial charge in [-0.05, 0) is 72.4 Å². The number of pyridine rings is 1. The van der Waals surface area contributed by atoms with E-state index in [-0.39, 0.29) is 49.1 Å². The van der Waals surface area contributed by atoms with E-state index in [4.69, 9.17) is 4.98 Å².